The molecule has 1 aromatic heterocycles. The fraction of sp³-hybridized carbons (Fsp3) is 0.105. The Morgan fingerprint density at radius 2 is 1.72 bits per heavy atom. The summed E-state index contributed by atoms with van der Waals surface area (Å²) in [4.78, 5) is 14.1. The SMILES string of the molecule is CN(c1ccccc1)c1ccc(C(=O)NCc2ccccc2Cl)nn1. The van der Waals surface area contributed by atoms with Crippen LogP contribution in [0.3, 0.4) is 0 Å². The Balaban J connectivity index is 1.65. The highest BCUT2D eigenvalue weighted by Gasteiger charge is 2.11. The van der Waals surface area contributed by atoms with Crippen LogP contribution < -0.4 is 10.2 Å². The average molecular weight is 353 g/mol. The summed E-state index contributed by atoms with van der Waals surface area (Å²) in [6.45, 7) is 0.339. The van der Waals surface area contributed by atoms with Gasteiger partial charge in [0.05, 0.1) is 0 Å². The number of hydrogen-bond donors (Lipinski definition) is 1. The Kier molecular flexibility index (Phi) is 5.26. The van der Waals surface area contributed by atoms with Crippen molar-refractivity contribution >= 4 is 29.0 Å². The first kappa shape index (κ1) is 16.9. The van der Waals surface area contributed by atoms with Gasteiger partial charge in [-0.3, -0.25) is 4.79 Å². The third-order valence-corrected chi connectivity index (χ3v) is 4.14. The van der Waals surface area contributed by atoms with E-state index in [2.05, 4.69) is 15.5 Å². The molecule has 0 spiro atoms. The minimum Gasteiger partial charge on any atom is -0.347 e. The van der Waals surface area contributed by atoms with Gasteiger partial charge in [-0.25, -0.2) is 0 Å². The lowest BCUT2D eigenvalue weighted by Gasteiger charge is -2.17. The van der Waals surface area contributed by atoms with Crippen LogP contribution in [0, 0.1) is 0 Å². The van der Waals surface area contributed by atoms with Gasteiger partial charge in [-0.15, -0.1) is 10.2 Å². The number of aromatic nitrogens is 2. The van der Waals surface area contributed by atoms with Crippen LogP contribution in [0.15, 0.2) is 66.7 Å². The van der Waals surface area contributed by atoms with Crippen molar-refractivity contribution in [3.63, 3.8) is 0 Å². The molecule has 0 atom stereocenters. The van der Waals surface area contributed by atoms with Gasteiger partial charge in [0.15, 0.2) is 11.5 Å². The largest absolute Gasteiger partial charge is 0.347 e. The first-order valence-electron chi connectivity index (χ1n) is 7.79. The van der Waals surface area contributed by atoms with Crippen LogP contribution in [-0.4, -0.2) is 23.2 Å². The molecule has 0 unspecified atom stereocenters. The molecule has 126 valence electrons. The summed E-state index contributed by atoms with van der Waals surface area (Å²) in [7, 11) is 1.90. The zero-order chi connectivity index (χ0) is 17.6. The smallest absolute Gasteiger partial charge is 0.272 e. The molecule has 6 heteroatoms. The lowest BCUT2D eigenvalue weighted by molar-refractivity contribution is 0.0945. The number of hydrogen-bond acceptors (Lipinski definition) is 4. The van der Waals surface area contributed by atoms with Gasteiger partial charge in [-0.1, -0.05) is 48.0 Å². The van der Waals surface area contributed by atoms with Crippen molar-refractivity contribution in [3.8, 4) is 0 Å². The average Bonchev–Trinajstić information content (AvgIpc) is 2.67. The lowest BCUT2D eigenvalue weighted by Crippen LogP contribution is -2.24. The molecule has 25 heavy (non-hydrogen) atoms. The highest BCUT2D eigenvalue weighted by molar-refractivity contribution is 6.31. The molecule has 3 aromatic rings. The van der Waals surface area contributed by atoms with E-state index in [1.54, 1.807) is 18.2 Å². The predicted octanol–water partition coefficient (Wildman–Crippen LogP) is 3.83. The third kappa shape index (κ3) is 4.14. The minimum atomic E-state index is -0.290. The number of halogens is 1. The Labute approximate surface area is 151 Å². The number of anilines is 2. The maximum absolute atomic E-state index is 12.2. The van der Waals surface area contributed by atoms with Gasteiger partial charge in [-0.2, -0.15) is 0 Å². The Hall–Kier alpha value is -2.92. The van der Waals surface area contributed by atoms with Gasteiger partial charge in [-0.05, 0) is 35.9 Å². The number of benzene rings is 2. The van der Waals surface area contributed by atoms with Crippen molar-refractivity contribution in [1.82, 2.24) is 15.5 Å². The number of para-hydroxylation sites is 1. The number of rotatable bonds is 5. The molecule has 0 bridgehead atoms. The second kappa shape index (κ2) is 7.77. The number of amides is 1. The summed E-state index contributed by atoms with van der Waals surface area (Å²) in [5.74, 6) is 0.371. The summed E-state index contributed by atoms with van der Waals surface area (Å²) in [5, 5.41) is 11.6. The van der Waals surface area contributed by atoms with E-state index < -0.39 is 0 Å². The minimum absolute atomic E-state index is 0.261. The van der Waals surface area contributed by atoms with E-state index in [-0.39, 0.29) is 11.6 Å². The molecular formula is C19H17ClN4O. The molecule has 0 aliphatic carbocycles. The van der Waals surface area contributed by atoms with Crippen molar-refractivity contribution < 1.29 is 4.79 Å². The van der Waals surface area contributed by atoms with Gasteiger partial charge >= 0.3 is 0 Å². The summed E-state index contributed by atoms with van der Waals surface area (Å²) < 4.78 is 0. The Bertz CT molecular complexity index is 853. The van der Waals surface area contributed by atoms with Crippen LogP contribution in [0.4, 0.5) is 11.5 Å². The summed E-state index contributed by atoms with van der Waals surface area (Å²) in [5.41, 5.74) is 2.11. The molecule has 0 fully saturated rings. The molecular weight excluding hydrogens is 336 g/mol. The van der Waals surface area contributed by atoms with Gasteiger partial charge < -0.3 is 10.2 Å². The number of carbonyl (C=O) groups excluding carboxylic acids is 1. The van der Waals surface area contributed by atoms with Crippen molar-refractivity contribution in [3.05, 3.63) is 83.0 Å². The maximum atomic E-state index is 12.2. The fourth-order valence-corrected chi connectivity index (χ4v) is 2.52. The van der Waals surface area contributed by atoms with E-state index in [1.165, 1.54) is 0 Å². The highest BCUT2D eigenvalue weighted by atomic mass is 35.5. The molecule has 0 radical (unpaired) electrons. The summed E-state index contributed by atoms with van der Waals surface area (Å²) in [6, 6.07) is 20.6. The first-order chi connectivity index (χ1) is 12.1. The van der Waals surface area contributed by atoms with Gasteiger partial charge in [0.1, 0.15) is 0 Å². The Morgan fingerprint density at radius 3 is 2.40 bits per heavy atom. The maximum Gasteiger partial charge on any atom is 0.272 e. The second-order valence-corrected chi connectivity index (χ2v) is 5.85. The topological polar surface area (TPSA) is 58.1 Å². The van der Waals surface area contributed by atoms with Crippen molar-refractivity contribution in [2.45, 2.75) is 6.54 Å². The quantitative estimate of drug-likeness (QED) is 0.758. The number of nitrogens with zero attached hydrogens (tertiary/aromatic N) is 3. The van der Waals surface area contributed by atoms with Crippen LogP contribution >= 0.6 is 11.6 Å². The number of carbonyl (C=O) groups is 1. The van der Waals surface area contributed by atoms with E-state index in [4.69, 9.17) is 11.6 Å². The number of nitrogens with one attached hydrogen (secondary N) is 1. The lowest BCUT2D eigenvalue weighted by atomic mass is 10.2. The summed E-state index contributed by atoms with van der Waals surface area (Å²) >= 11 is 6.08. The first-order valence-corrected chi connectivity index (χ1v) is 8.17. The molecule has 0 saturated carbocycles. The second-order valence-electron chi connectivity index (χ2n) is 5.45. The van der Waals surface area contributed by atoms with Crippen molar-refractivity contribution in [2.75, 3.05) is 11.9 Å². The molecule has 1 amide bonds. The Morgan fingerprint density at radius 1 is 1.00 bits per heavy atom. The van der Waals surface area contributed by atoms with Gasteiger partial charge in [0.25, 0.3) is 5.91 Å². The van der Waals surface area contributed by atoms with E-state index in [0.717, 1.165) is 11.3 Å². The molecule has 5 nitrogen and oxygen atoms in total. The molecule has 0 saturated heterocycles. The fourth-order valence-electron chi connectivity index (χ4n) is 2.32. The van der Waals surface area contributed by atoms with Crippen LogP contribution in [0.5, 0.6) is 0 Å². The van der Waals surface area contributed by atoms with Gasteiger partial charge in [0.2, 0.25) is 0 Å². The van der Waals surface area contributed by atoms with E-state index in [1.807, 2.05) is 60.5 Å². The van der Waals surface area contributed by atoms with Gasteiger partial charge in [0, 0.05) is 24.3 Å². The summed E-state index contributed by atoms with van der Waals surface area (Å²) in [6.07, 6.45) is 0. The molecule has 0 aliphatic rings. The molecule has 1 N–H and O–H groups in total. The van der Waals surface area contributed by atoms with E-state index in [9.17, 15) is 4.79 Å². The molecule has 0 aliphatic heterocycles. The van der Waals surface area contributed by atoms with Crippen LogP contribution in [-0.2, 0) is 6.54 Å². The monoisotopic (exact) mass is 352 g/mol. The molecule has 3 rings (SSSR count). The zero-order valence-electron chi connectivity index (χ0n) is 13.7. The van der Waals surface area contributed by atoms with Crippen molar-refractivity contribution in [1.29, 1.82) is 0 Å². The molecule has 2 aromatic carbocycles. The standard InChI is InChI=1S/C19H17ClN4O/c1-24(15-8-3-2-4-9-15)18-12-11-17(22-23-18)19(25)21-13-14-7-5-6-10-16(14)20/h2-12H,13H2,1H3,(H,21,25). The highest BCUT2D eigenvalue weighted by Crippen LogP contribution is 2.20. The predicted molar refractivity (Wildman–Crippen MR) is 99.2 cm³/mol. The van der Waals surface area contributed by atoms with Crippen molar-refractivity contribution in [2.24, 2.45) is 0 Å². The zero-order valence-corrected chi connectivity index (χ0v) is 14.4. The van der Waals surface area contributed by atoms with E-state index in [0.29, 0.717) is 17.4 Å². The normalized spacial score (nSPS) is 10.3. The van der Waals surface area contributed by atoms with Crippen LogP contribution in [0.1, 0.15) is 16.1 Å². The van der Waals surface area contributed by atoms with E-state index >= 15 is 0 Å². The van der Waals surface area contributed by atoms with Crippen LogP contribution in [0.25, 0.3) is 0 Å². The molecule has 1 heterocycles. The third-order valence-electron chi connectivity index (χ3n) is 3.77. The van der Waals surface area contributed by atoms with Crippen LogP contribution in [0.2, 0.25) is 5.02 Å².